The number of anilines is 1. The fraction of sp³-hybridized carbons (Fsp3) is 0.538. The zero-order valence-electron chi connectivity index (χ0n) is 11.6. The largest absolute Gasteiger partial charge is 0.466 e. The van der Waals surface area contributed by atoms with Gasteiger partial charge in [-0.15, -0.1) is 0 Å². The molecule has 0 atom stereocenters. The molecular formula is C13H16ClN3O4. The third kappa shape index (κ3) is 3.60. The van der Waals surface area contributed by atoms with E-state index in [2.05, 4.69) is 4.98 Å². The quantitative estimate of drug-likeness (QED) is 0.367. The summed E-state index contributed by atoms with van der Waals surface area (Å²) in [6.45, 7) is 3.15. The molecule has 0 aromatic carbocycles. The summed E-state index contributed by atoms with van der Waals surface area (Å²) in [6, 6.07) is 2.75. The van der Waals surface area contributed by atoms with Crippen molar-refractivity contribution in [1.29, 1.82) is 0 Å². The standard InChI is InChI=1S/C13H16ClN3O4/c1-2-21-13(18)9-5-7-16(8-6-9)12-10(17(19)20)3-4-11(14)15-12/h3-4,9H,2,5-8H2,1H3. The van der Waals surface area contributed by atoms with Crippen LogP contribution in [0.25, 0.3) is 0 Å². The van der Waals surface area contributed by atoms with Crippen LogP contribution in [-0.4, -0.2) is 35.6 Å². The molecule has 0 N–H and O–H groups in total. The van der Waals surface area contributed by atoms with Crippen molar-refractivity contribution in [3.05, 3.63) is 27.4 Å². The maximum atomic E-state index is 11.7. The van der Waals surface area contributed by atoms with Crippen LogP contribution in [0.2, 0.25) is 5.15 Å². The molecule has 1 aliphatic rings. The lowest BCUT2D eigenvalue weighted by Crippen LogP contribution is -2.37. The van der Waals surface area contributed by atoms with Crippen LogP contribution in [0, 0.1) is 16.0 Å². The Kier molecular flexibility index (Phi) is 4.95. The lowest BCUT2D eigenvalue weighted by atomic mass is 9.97. The second-order valence-corrected chi connectivity index (χ2v) is 5.13. The van der Waals surface area contributed by atoms with Crippen molar-refractivity contribution >= 4 is 29.1 Å². The van der Waals surface area contributed by atoms with E-state index >= 15 is 0 Å². The Morgan fingerprint density at radius 3 is 2.76 bits per heavy atom. The number of hydrogen-bond acceptors (Lipinski definition) is 6. The van der Waals surface area contributed by atoms with E-state index in [1.165, 1.54) is 12.1 Å². The molecule has 0 aliphatic carbocycles. The molecule has 0 radical (unpaired) electrons. The van der Waals surface area contributed by atoms with Crippen molar-refractivity contribution < 1.29 is 14.5 Å². The number of halogens is 1. The number of nitro groups is 1. The number of pyridine rings is 1. The van der Waals surface area contributed by atoms with E-state index < -0.39 is 4.92 Å². The van der Waals surface area contributed by atoms with Gasteiger partial charge < -0.3 is 9.64 Å². The lowest BCUT2D eigenvalue weighted by molar-refractivity contribution is -0.384. The van der Waals surface area contributed by atoms with Gasteiger partial charge in [0.05, 0.1) is 17.4 Å². The Morgan fingerprint density at radius 2 is 2.19 bits per heavy atom. The van der Waals surface area contributed by atoms with E-state index in [0.717, 1.165) is 0 Å². The minimum Gasteiger partial charge on any atom is -0.466 e. The fourth-order valence-electron chi connectivity index (χ4n) is 2.38. The van der Waals surface area contributed by atoms with Crippen LogP contribution in [0.4, 0.5) is 11.5 Å². The molecule has 2 rings (SSSR count). The highest BCUT2D eigenvalue weighted by atomic mass is 35.5. The number of carbonyl (C=O) groups is 1. The highest BCUT2D eigenvalue weighted by molar-refractivity contribution is 6.29. The highest BCUT2D eigenvalue weighted by Gasteiger charge is 2.30. The molecule has 7 nitrogen and oxygen atoms in total. The second kappa shape index (κ2) is 6.71. The topological polar surface area (TPSA) is 85.6 Å². The van der Waals surface area contributed by atoms with E-state index in [1.807, 2.05) is 0 Å². The third-order valence-electron chi connectivity index (χ3n) is 3.43. The number of piperidine rings is 1. The molecule has 2 heterocycles. The molecule has 1 aromatic heterocycles. The molecule has 1 aliphatic heterocycles. The number of esters is 1. The predicted octanol–water partition coefficient (Wildman–Crippen LogP) is 2.42. The van der Waals surface area contributed by atoms with E-state index in [4.69, 9.17) is 16.3 Å². The Morgan fingerprint density at radius 1 is 1.52 bits per heavy atom. The summed E-state index contributed by atoms with van der Waals surface area (Å²) in [7, 11) is 0. The first-order valence-corrected chi connectivity index (χ1v) is 7.13. The molecule has 0 amide bonds. The summed E-state index contributed by atoms with van der Waals surface area (Å²) >= 11 is 5.83. The average molecular weight is 314 g/mol. The van der Waals surface area contributed by atoms with E-state index in [9.17, 15) is 14.9 Å². The Bertz CT molecular complexity index is 544. The van der Waals surface area contributed by atoms with E-state index in [1.54, 1.807) is 11.8 Å². The number of aromatic nitrogens is 1. The van der Waals surface area contributed by atoms with Gasteiger partial charge in [0.25, 0.3) is 0 Å². The number of ether oxygens (including phenoxy) is 1. The van der Waals surface area contributed by atoms with Gasteiger partial charge in [-0.1, -0.05) is 11.6 Å². The van der Waals surface area contributed by atoms with Crippen molar-refractivity contribution in [3.63, 3.8) is 0 Å². The van der Waals surface area contributed by atoms with Crippen LogP contribution in [0.3, 0.4) is 0 Å². The summed E-state index contributed by atoms with van der Waals surface area (Å²) in [5.74, 6) is -0.0973. The third-order valence-corrected chi connectivity index (χ3v) is 3.64. The van der Waals surface area contributed by atoms with Gasteiger partial charge in [-0.05, 0) is 25.8 Å². The van der Waals surface area contributed by atoms with Crippen molar-refractivity contribution in [2.75, 3.05) is 24.6 Å². The molecule has 114 valence electrons. The second-order valence-electron chi connectivity index (χ2n) is 4.75. The maximum Gasteiger partial charge on any atom is 0.311 e. The maximum absolute atomic E-state index is 11.7. The number of carbonyl (C=O) groups excluding carboxylic acids is 1. The summed E-state index contributed by atoms with van der Waals surface area (Å²) in [6.07, 6.45) is 1.17. The molecule has 0 bridgehead atoms. The van der Waals surface area contributed by atoms with Gasteiger partial charge in [-0.25, -0.2) is 4.98 Å². The van der Waals surface area contributed by atoms with Crippen LogP contribution < -0.4 is 4.90 Å². The van der Waals surface area contributed by atoms with Crippen molar-refractivity contribution in [2.24, 2.45) is 5.92 Å². The molecule has 8 heteroatoms. The van der Waals surface area contributed by atoms with Gasteiger partial charge in [0.15, 0.2) is 0 Å². The molecule has 1 aromatic rings. The van der Waals surface area contributed by atoms with Crippen LogP contribution in [-0.2, 0) is 9.53 Å². The highest BCUT2D eigenvalue weighted by Crippen LogP contribution is 2.31. The minimum atomic E-state index is -0.476. The summed E-state index contributed by atoms with van der Waals surface area (Å²) in [5.41, 5.74) is -0.0750. The molecule has 0 spiro atoms. The number of hydrogen-bond donors (Lipinski definition) is 0. The molecule has 0 unspecified atom stereocenters. The summed E-state index contributed by atoms with van der Waals surface area (Å²) < 4.78 is 5.00. The van der Waals surface area contributed by atoms with E-state index in [-0.39, 0.29) is 28.5 Å². The van der Waals surface area contributed by atoms with Gasteiger partial charge >= 0.3 is 11.7 Å². The van der Waals surface area contributed by atoms with Gasteiger partial charge in [0.1, 0.15) is 5.15 Å². The van der Waals surface area contributed by atoms with Gasteiger partial charge in [0.2, 0.25) is 5.82 Å². The number of nitrogens with zero attached hydrogens (tertiary/aromatic N) is 3. The van der Waals surface area contributed by atoms with Gasteiger partial charge in [-0.2, -0.15) is 0 Å². The minimum absolute atomic E-state index is 0.0750. The lowest BCUT2D eigenvalue weighted by Gasteiger charge is -2.31. The SMILES string of the molecule is CCOC(=O)C1CCN(c2nc(Cl)ccc2[N+](=O)[O-])CC1. The van der Waals surface area contributed by atoms with E-state index in [0.29, 0.717) is 32.5 Å². The van der Waals surface area contributed by atoms with Gasteiger partial charge in [-0.3, -0.25) is 14.9 Å². The normalized spacial score (nSPS) is 15.8. The van der Waals surface area contributed by atoms with Crippen LogP contribution in [0.5, 0.6) is 0 Å². The van der Waals surface area contributed by atoms with Crippen molar-refractivity contribution in [1.82, 2.24) is 4.98 Å². The smallest absolute Gasteiger partial charge is 0.311 e. The molecule has 1 saturated heterocycles. The number of rotatable bonds is 4. The molecule has 21 heavy (non-hydrogen) atoms. The molecule has 0 saturated carbocycles. The zero-order valence-corrected chi connectivity index (χ0v) is 12.4. The first kappa shape index (κ1) is 15.5. The van der Waals surface area contributed by atoms with Crippen LogP contribution in [0.15, 0.2) is 12.1 Å². The Hall–Kier alpha value is -1.89. The van der Waals surface area contributed by atoms with Crippen LogP contribution >= 0.6 is 11.6 Å². The first-order chi connectivity index (χ1) is 10.0. The van der Waals surface area contributed by atoms with Gasteiger partial charge in [0, 0.05) is 19.2 Å². The summed E-state index contributed by atoms with van der Waals surface area (Å²) in [5, 5.41) is 11.3. The summed E-state index contributed by atoms with van der Waals surface area (Å²) in [4.78, 5) is 28.1. The molecule has 1 fully saturated rings. The average Bonchev–Trinajstić information content (AvgIpc) is 2.47. The van der Waals surface area contributed by atoms with Crippen LogP contribution in [0.1, 0.15) is 19.8 Å². The van der Waals surface area contributed by atoms with Crippen molar-refractivity contribution in [3.8, 4) is 0 Å². The molecular weight excluding hydrogens is 298 g/mol. The Balaban J connectivity index is 2.10. The predicted molar refractivity (Wildman–Crippen MR) is 77.5 cm³/mol. The first-order valence-electron chi connectivity index (χ1n) is 6.75. The fourth-order valence-corrected chi connectivity index (χ4v) is 2.52. The monoisotopic (exact) mass is 313 g/mol. The van der Waals surface area contributed by atoms with Crippen molar-refractivity contribution in [2.45, 2.75) is 19.8 Å². The Labute approximate surface area is 127 Å². The zero-order chi connectivity index (χ0) is 15.4.